The number of hydrogen-bond acceptors (Lipinski definition) is 3. The SMILES string of the molecule is CCCN(C1CNC1)S(=O)(=O)C1CC1. The Morgan fingerprint density at radius 2 is 2.00 bits per heavy atom. The molecule has 1 saturated carbocycles. The average molecular weight is 218 g/mol. The summed E-state index contributed by atoms with van der Waals surface area (Å²) in [6.45, 7) is 4.37. The minimum atomic E-state index is -2.96. The van der Waals surface area contributed by atoms with Crippen molar-refractivity contribution in [3.63, 3.8) is 0 Å². The van der Waals surface area contributed by atoms with Crippen LogP contribution in [0.25, 0.3) is 0 Å². The van der Waals surface area contributed by atoms with Gasteiger partial charge in [-0.2, -0.15) is 4.31 Å². The lowest BCUT2D eigenvalue weighted by Crippen LogP contribution is -2.59. The van der Waals surface area contributed by atoms with Crippen LogP contribution >= 0.6 is 0 Å². The summed E-state index contributed by atoms with van der Waals surface area (Å²) < 4.78 is 25.8. The molecule has 0 aromatic rings. The minimum Gasteiger partial charge on any atom is -0.313 e. The van der Waals surface area contributed by atoms with Crippen molar-refractivity contribution in [2.45, 2.75) is 37.5 Å². The van der Waals surface area contributed by atoms with Crippen molar-refractivity contribution in [3.8, 4) is 0 Å². The molecule has 1 heterocycles. The summed E-state index contributed by atoms with van der Waals surface area (Å²) >= 11 is 0. The van der Waals surface area contributed by atoms with Gasteiger partial charge in [0.1, 0.15) is 0 Å². The fraction of sp³-hybridized carbons (Fsp3) is 1.00. The first-order valence-corrected chi connectivity index (χ1v) is 6.88. The summed E-state index contributed by atoms with van der Waals surface area (Å²) in [4.78, 5) is 0. The quantitative estimate of drug-likeness (QED) is 0.715. The maximum atomic E-state index is 12.0. The lowest BCUT2D eigenvalue weighted by molar-refractivity contribution is 0.241. The molecular weight excluding hydrogens is 200 g/mol. The first-order chi connectivity index (χ1) is 6.66. The number of sulfonamides is 1. The van der Waals surface area contributed by atoms with E-state index in [-0.39, 0.29) is 11.3 Å². The lowest BCUT2D eigenvalue weighted by atomic mass is 10.2. The van der Waals surface area contributed by atoms with Gasteiger partial charge in [0.25, 0.3) is 0 Å². The van der Waals surface area contributed by atoms with Crippen molar-refractivity contribution in [1.29, 1.82) is 0 Å². The summed E-state index contributed by atoms with van der Waals surface area (Å²) in [6.07, 6.45) is 2.63. The van der Waals surface area contributed by atoms with Crippen LogP contribution in [0.4, 0.5) is 0 Å². The van der Waals surface area contributed by atoms with Crippen LogP contribution in [0.2, 0.25) is 0 Å². The highest BCUT2D eigenvalue weighted by atomic mass is 32.2. The van der Waals surface area contributed by atoms with E-state index in [9.17, 15) is 8.42 Å². The van der Waals surface area contributed by atoms with Crippen molar-refractivity contribution in [2.75, 3.05) is 19.6 Å². The summed E-state index contributed by atoms with van der Waals surface area (Å²) in [5, 5.41) is 3.06. The van der Waals surface area contributed by atoms with E-state index in [2.05, 4.69) is 5.32 Å². The van der Waals surface area contributed by atoms with E-state index in [1.54, 1.807) is 4.31 Å². The molecule has 1 aliphatic heterocycles. The molecule has 0 aromatic carbocycles. The molecule has 2 aliphatic rings. The van der Waals surface area contributed by atoms with E-state index in [1.165, 1.54) is 0 Å². The Kier molecular flexibility index (Phi) is 2.81. The van der Waals surface area contributed by atoms with Crippen LogP contribution in [0.3, 0.4) is 0 Å². The Balaban J connectivity index is 2.07. The Labute approximate surface area is 85.7 Å². The van der Waals surface area contributed by atoms with Crippen LogP contribution in [-0.4, -0.2) is 43.6 Å². The largest absolute Gasteiger partial charge is 0.313 e. The van der Waals surface area contributed by atoms with Gasteiger partial charge in [-0.25, -0.2) is 8.42 Å². The summed E-state index contributed by atoms with van der Waals surface area (Å²) in [6, 6.07) is 0.223. The van der Waals surface area contributed by atoms with E-state index in [1.807, 2.05) is 6.92 Å². The van der Waals surface area contributed by atoms with Gasteiger partial charge in [0.2, 0.25) is 10.0 Å². The molecule has 0 unspecified atom stereocenters. The predicted molar refractivity (Wildman–Crippen MR) is 55.6 cm³/mol. The van der Waals surface area contributed by atoms with E-state index in [4.69, 9.17) is 0 Å². The van der Waals surface area contributed by atoms with Crippen molar-refractivity contribution in [1.82, 2.24) is 9.62 Å². The van der Waals surface area contributed by atoms with Crippen molar-refractivity contribution in [3.05, 3.63) is 0 Å². The highest BCUT2D eigenvalue weighted by Crippen LogP contribution is 2.32. The Morgan fingerprint density at radius 1 is 1.36 bits per heavy atom. The predicted octanol–water partition coefficient (Wildman–Crippen LogP) is 0.162. The van der Waals surface area contributed by atoms with Crippen LogP contribution in [-0.2, 0) is 10.0 Å². The van der Waals surface area contributed by atoms with Gasteiger partial charge in [-0.1, -0.05) is 6.92 Å². The fourth-order valence-corrected chi connectivity index (χ4v) is 3.89. The van der Waals surface area contributed by atoms with Crippen molar-refractivity contribution >= 4 is 10.0 Å². The smallest absolute Gasteiger partial charge is 0.217 e. The molecule has 0 radical (unpaired) electrons. The Bertz CT molecular complexity index is 294. The average Bonchev–Trinajstić information content (AvgIpc) is 2.82. The molecule has 82 valence electrons. The highest BCUT2D eigenvalue weighted by Gasteiger charge is 2.43. The number of nitrogens with zero attached hydrogens (tertiary/aromatic N) is 1. The second-order valence-corrected chi connectivity index (χ2v) is 6.33. The van der Waals surface area contributed by atoms with Gasteiger partial charge in [0.15, 0.2) is 0 Å². The molecule has 0 spiro atoms. The third-order valence-electron chi connectivity index (χ3n) is 2.88. The van der Waals surface area contributed by atoms with E-state index in [0.29, 0.717) is 6.54 Å². The molecule has 14 heavy (non-hydrogen) atoms. The minimum absolute atomic E-state index is 0.0605. The van der Waals surface area contributed by atoms with Gasteiger partial charge in [-0.05, 0) is 19.3 Å². The number of nitrogens with one attached hydrogen (secondary N) is 1. The third-order valence-corrected chi connectivity index (χ3v) is 5.33. The van der Waals surface area contributed by atoms with E-state index < -0.39 is 10.0 Å². The fourth-order valence-electron chi connectivity index (χ4n) is 1.77. The zero-order valence-electron chi connectivity index (χ0n) is 8.57. The monoisotopic (exact) mass is 218 g/mol. The Hall–Kier alpha value is -0.130. The summed E-state index contributed by atoms with van der Waals surface area (Å²) in [7, 11) is -2.96. The first kappa shape index (κ1) is 10.4. The zero-order valence-corrected chi connectivity index (χ0v) is 9.39. The third kappa shape index (κ3) is 1.81. The maximum Gasteiger partial charge on any atom is 0.217 e. The molecule has 4 nitrogen and oxygen atoms in total. The molecule has 0 bridgehead atoms. The zero-order chi connectivity index (χ0) is 10.2. The summed E-state index contributed by atoms with van der Waals surface area (Å²) in [5.41, 5.74) is 0. The number of rotatable bonds is 5. The van der Waals surface area contributed by atoms with Gasteiger partial charge in [-0.3, -0.25) is 0 Å². The molecule has 1 aliphatic carbocycles. The molecule has 0 amide bonds. The van der Waals surface area contributed by atoms with E-state index >= 15 is 0 Å². The van der Waals surface area contributed by atoms with E-state index in [0.717, 1.165) is 32.4 Å². The van der Waals surface area contributed by atoms with Gasteiger partial charge in [0.05, 0.1) is 5.25 Å². The second-order valence-electron chi connectivity index (χ2n) is 4.17. The van der Waals surface area contributed by atoms with Crippen molar-refractivity contribution < 1.29 is 8.42 Å². The van der Waals surface area contributed by atoms with Gasteiger partial charge < -0.3 is 5.32 Å². The molecule has 5 heteroatoms. The van der Waals surface area contributed by atoms with Crippen LogP contribution in [0.5, 0.6) is 0 Å². The molecule has 2 rings (SSSR count). The molecule has 1 N–H and O–H groups in total. The molecule has 2 fully saturated rings. The second kappa shape index (κ2) is 3.79. The van der Waals surface area contributed by atoms with Gasteiger partial charge >= 0.3 is 0 Å². The van der Waals surface area contributed by atoms with Gasteiger partial charge in [0, 0.05) is 25.7 Å². The van der Waals surface area contributed by atoms with Crippen LogP contribution in [0.1, 0.15) is 26.2 Å². The topological polar surface area (TPSA) is 49.4 Å². The lowest BCUT2D eigenvalue weighted by Gasteiger charge is -2.37. The van der Waals surface area contributed by atoms with Crippen molar-refractivity contribution in [2.24, 2.45) is 0 Å². The molecule has 1 saturated heterocycles. The van der Waals surface area contributed by atoms with Gasteiger partial charge in [-0.15, -0.1) is 0 Å². The standard InChI is InChI=1S/C9H18N2O2S/c1-2-5-11(8-6-10-7-8)14(12,13)9-3-4-9/h8-10H,2-7H2,1H3. The molecule has 0 aromatic heterocycles. The Morgan fingerprint density at radius 3 is 2.36 bits per heavy atom. The molecule has 0 atom stereocenters. The molecular formula is C9H18N2O2S. The first-order valence-electron chi connectivity index (χ1n) is 5.37. The summed E-state index contributed by atoms with van der Waals surface area (Å²) in [5.74, 6) is 0. The van der Waals surface area contributed by atoms with Crippen LogP contribution in [0.15, 0.2) is 0 Å². The normalized spacial score (nSPS) is 23.9. The highest BCUT2D eigenvalue weighted by molar-refractivity contribution is 7.90. The number of hydrogen-bond donors (Lipinski definition) is 1. The maximum absolute atomic E-state index is 12.0. The van der Waals surface area contributed by atoms with Crippen LogP contribution in [0, 0.1) is 0 Å². The van der Waals surface area contributed by atoms with Crippen LogP contribution < -0.4 is 5.32 Å².